The smallest absolute Gasteiger partial charge is 0.246 e. The summed E-state index contributed by atoms with van der Waals surface area (Å²) in [7, 11) is -2.15. The van der Waals surface area contributed by atoms with Crippen LogP contribution in [0.5, 0.6) is 5.75 Å². The molecule has 0 unspecified atom stereocenters. The molecule has 0 fully saturated rings. The van der Waals surface area contributed by atoms with E-state index in [1.807, 2.05) is 12.1 Å². The summed E-state index contributed by atoms with van der Waals surface area (Å²) in [6, 6.07) is 13.6. The highest BCUT2D eigenvalue weighted by Crippen LogP contribution is 2.29. The molecule has 0 bridgehead atoms. The van der Waals surface area contributed by atoms with Gasteiger partial charge in [0.2, 0.25) is 21.1 Å². The maximum absolute atomic E-state index is 12.4. The third-order valence-corrected chi connectivity index (χ3v) is 6.15. The van der Waals surface area contributed by atoms with E-state index in [0.29, 0.717) is 10.8 Å². The SMILES string of the molecule is COc1ccc(-c2nnc(NC(=O)CN(c3ccccc3Cl)S(C)(=O)=O)s2)cc1. The van der Waals surface area contributed by atoms with Crippen LogP contribution in [0.2, 0.25) is 5.02 Å². The Bertz CT molecular complexity index is 1120. The van der Waals surface area contributed by atoms with Crippen LogP contribution in [-0.4, -0.2) is 44.4 Å². The summed E-state index contributed by atoms with van der Waals surface area (Å²) in [5.41, 5.74) is 1.04. The molecule has 1 heterocycles. The molecule has 3 aromatic rings. The van der Waals surface area contributed by atoms with E-state index in [1.54, 1.807) is 37.4 Å². The molecular weight excluding hydrogens is 436 g/mol. The Morgan fingerprint density at radius 1 is 1.17 bits per heavy atom. The minimum Gasteiger partial charge on any atom is -0.497 e. The molecule has 0 aliphatic heterocycles. The number of rotatable bonds is 7. The van der Waals surface area contributed by atoms with Crippen molar-refractivity contribution in [3.63, 3.8) is 0 Å². The highest BCUT2D eigenvalue weighted by atomic mass is 35.5. The zero-order valence-corrected chi connectivity index (χ0v) is 17.9. The first-order chi connectivity index (χ1) is 13.8. The number of nitrogens with zero attached hydrogens (tertiary/aromatic N) is 3. The Labute approximate surface area is 177 Å². The van der Waals surface area contributed by atoms with Gasteiger partial charge < -0.3 is 4.74 Å². The first-order valence-electron chi connectivity index (χ1n) is 8.28. The molecule has 0 spiro atoms. The Morgan fingerprint density at radius 2 is 1.86 bits per heavy atom. The number of carbonyl (C=O) groups is 1. The van der Waals surface area contributed by atoms with Gasteiger partial charge >= 0.3 is 0 Å². The molecule has 0 aliphatic rings. The summed E-state index contributed by atoms with van der Waals surface area (Å²) in [4.78, 5) is 12.4. The minimum atomic E-state index is -3.73. The molecule has 3 rings (SSSR count). The predicted molar refractivity (Wildman–Crippen MR) is 114 cm³/mol. The fourth-order valence-electron chi connectivity index (χ4n) is 2.45. The van der Waals surface area contributed by atoms with Crippen LogP contribution in [-0.2, 0) is 14.8 Å². The molecule has 0 saturated carbocycles. The highest BCUT2D eigenvalue weighted by Gasteiger charge is 2.23. The molecule has 1 aromatic heterocycles. The first kappa shape index (κ1) is 21.0. The Kier molecular flexibility index (Phi) is 6.36. The van der Waals surface area contributed by atoms with Crippen molar-refractivity contribution in [2.45, 2.75) is 0 Å². The highest BCUT2D eigenvalue weighted by molar-refractivity contribution is 7.92. The topological polar surface area (TPSA) is 101 Å². The zero-order valence-electron chi connectivity index (χ0n) is 15.5. The van der Waals surface area contributed by atoms with Gasteiger partial charge in [0.05, 0.1) is 24.1 Å². The van der Waals surface area contributed by atoms with E-state index >= 15 is 0 Å². The van der Waals surface area contributed by atoms with Gasteiger partial charge in [0.1, 0.15) is 17.3 Å². The van der Waals surface area contributed by atoms with E-state index in [1.165, 1.54) is 17.4 Å². The Balaban J connectivity index is 1.74. The largest absolute Gasteiger partial charge is 0.497 e. The summed E-state index contributed by atoms with van der Waals surface area (Å²) >= 11 is 7.27. The summed E-state index contributed by atoms with van der Waals surface area (Å²) in [5.74, 6) is 0.153. The Hall–Kier alpha value is -2.69. The average molecular weight is 453 g/mol. The number of benzene rings is 2. The van der Waals surface area contributed by atoms with Gasteiger partial charge in [-0.3, -0.25) is 14.4 Å². The average Bonchev–Trinajstić information content (AvgIpc) is 3.14. The van der Waals surface area contributed by atoms with E-state index in [4.69, 9.17) is 16.3 Å². The van der Waals surface area contributed by atoms with Gasteiger partial charge in [0, 0.05) is 5.56 Å². The maximum Gasteiger partial charge on any atom is 0.246 e. The monoisotopic (exact) mass is 452 g/mol. The van der Waals surface area contributed by atoms with Crippen LogP contribution in [0.3, 0.4) is 0 Å². The predicted octanol–water partition coefficient (Wildman–Crippen LogP) is 3.27. The van der Waals surface area contributed by atoms with E-state index in [2.05, 4.69) is 15.5 Å². The molecule has 29 heavy (non-hydrogen) atoms. The second-order valence-electron chi connectivity index (χ2n) is 5.91. The van der Waals surface area contributed by atoms with Gasteiger partial charge in [0.25, 0.3) is 0 Å². The molecule has 0 aliphatic carbocycles. The van der Waals surface area contributed by atoms with Crippen molar-refractivity contribution in [1.82, 2.24) is 10.2 Å². The quantitative estimate of drug-likeness (QED) is 0.590. The van der Waals surface area contributed by atoms with Crippen LogP contribution >= 0.6 is 22.9 Å². The third-order valence-electron chi connectivity index (χ3n) is 3.82. The van der Waals surface area contributed by atoms with Crippen molar-refractivity contribution in [1.29, 1.82) is 0 Å². The molecule has 1 amide bonds. The van der Waals surface area contributed by atoms with Gasteiger partial charge in [-0.2, -0.15) is 0 Å². The fourth-order valence-corrected chi connectivity index (χ4v) is 4.37. The number of carbonyl (C=O) groups excluding carboxylic acids is 1. The van der Waals surface area contributed by atoms with Crippen LogP contribution in [0.25, 0.3) is 10.6 Å². The molecule has 8 nitrogen and oxygen atoms in total. The molecule has 0 radical (unpaired) electrons. The molecule has 1 N–H and O–H groups in total. The number of methoxy groups -OCH3 is 1. The number of amides is 1. The number of hydrogen-bond donors (Lipinski definition) is 1. The molecule has 2 aromatic carbocycles. The number of nitrogens with one attached hydrogen (secondary N) is 1. The number of para-hydroxylation sites is 1. The van der Waals surface area contributed by atoms with Crippen LogP contribution < -0.4 is 14.4 Å². The van der Waals surface area contributed by atoms with Gasteiger partial charge in [-0.15, -0.1) is 10.2 Å². The van der Waals surface area contributed by atoms with Crippen molar-refractivity contribution in [2.75, 3.05) is 29.5 Å². The number of aromatic nitrogens is 2. The maximum atomic E-state index is 12.4. The van der Waals surface area contributed by atoms with Gasteiger partial charge in [-0.1, -0.05) is 35.1 Å². The molecule has 0 atom stereocenters. The third kappa shape index (κ3) is 5.22. The van der Waals surface area contributed by atoms with E-state index in [-0.39, 0.29) is 15.8 Å². The van der Waals surface area contributed by atoms with E-state index in [0.717, 1.165) is 16.1 Å². The van der Waals surface area contributed by atoms with Crippen LogP contribution in [0, 0.1) is 0 Å². The summed E-state index contributed by atoms with van der Waals surface area (Å²) < 4.78 is 30.4. The van der Waals surface area contributed by atoms with Crippen LogP contribution in [0.15, 0.2) is 48.5 Å². The Morgan fingerprint density at radius 3 is 2.48 bits per heavy atom. The van der Waals surface area contributed by atoms with Gasteiger partial charge in [-0.25, -0.2) is 8.42 Å². The first-order valence-corrected chi connectivity index (χ1v) is 11.3. The van der Waals surface area contributed by atoms with Crippen molar-refractivity contribution >= 4 is 49.7 Å². The van der Waals surface area contributed by atoms with E-state index in [9.17, 15) is 13.2 Å². The van der Waals surface area contributed by atoms with Crippen molar-refractivity contribution in [3.8, 4) is 16.3 Å². The molecular formula is C18H17ClN4O4S2. The zero-order chi connectivity index (χ0) is 21.0. The van der Waals surface area contributed by atoms with Crippen LogP contribution in [0.4, 0.5) is 10.8 Å². The fraction of sp³-hybridized carbons (Fsp3) is 0.167. The number of ether oxygens (including phenoxy) is 1. The van der Waals surface area contributed by atoms with Crippen molar-refractivity contribution in [2.24, 2.45) is 0 Å². The second-order valence-corrected chi connectivity index (χ2v) is 9.20. The lowest BCUT2D eigenvalue weighted by atomic mass is 10.2. The van der Waals surface area contributed by atoms with Crippen molar-refractivity contribution in [3.05, 3.63) is 53.6 Å². The molecule has 152 valence electrons. The number of hydrogen-bond acceptors (Lipinski definition) is 7. The van der Waals surface area contributed by atoms with E-state index < -0.39 is 22.5 Å². The second kappa shape index (κ2) is 8.76. The number of anilines is 2. The van der Waals surface area contributed by atoms with Crippen LogP contribution in [0.1, 0.15) is 0 Å². The van der Waals surface area contributed by atoms with Gasteiger partial charge in [-0.05, 0) is 36.4 Å². The number of sulfonamides is 1. The van der Waals surface area contributed by atoms with Crippen molar-refractivity contribution < 1.29 is 17.9 Å². The summed E-state index contributed by atoms with van der Waals surface area (Å²) in [5, 5.41) is 11.7. The summed E-state index contributed by atoms with van der Waals surface area (Å²) in [6.45, 7) is -0.444. The standard InChI is InChI=1S/C18H17ClN4O4S2/c1-27-13-9-7-12(8-10-13)17-21-22-18(28-17)20-16(24)11-23(29(2,25)26)15-6-4-3-5-14(15)19/h3-10H,11H2,1-2H3,(H,20,22,24). The number of halogens is 1. The lowest BCUT2D eigenvalue weighted by molar-refractivity contribution is -0.114. The molecule has 11 heteroatoms. The van der Waals surface area contributed by atoms with Gasteiger partial charge in [0.15, 0.2) is 0 Å². The molecule has 0 saturated heterocycles. The summed E-state index contributed by atoms with van der Waals surface area (Å²) in [6.07, 6.45) is 1.01. The minimum absolute atomic E-state index is 0.225. The lowest BCUT2D eigenvalue weighted by Gasteiger charge is -2.22. The normalized spacial score (nSPS) is 11.1. The lowest BCUT2D eigenvalue weighted by Crippen LogP contribution is -2.37.